The summed E-state index contributed by atoms with van der Waals surface area (Å²) >= 11 is 1.52. The van der Waals surface area contributed by atoms with Crippen molar-refractivity contribution in [2.24, 2.45) is 0 Å². The second-order valence-electron chi connectivity index (χ2n) is 6.91. The lowest BCUT2D eigenvalue weighted by atomic mass is 9.84. The summed E-state index contributed by atoms with van der Waals surface area (Å²) < 4.78 is 0. The number of likely N-dealkylation sites (tertiary alicyclic amines) is 1. The molecule has 2 N–H and O–H groups in total. The van der Waals surface area contributed by atoms with E-state index in [0.29, 0.717) is 6.54 Å². The molecule has 1 amide bonds. The van der Waals surface area contributed by atoms with Crippen LogP contribution in [0.3, 0.4) is 0 Å². The summed E-state index contributed by atoms with van der Waals surface area (Å²) in [5, 5.41) is 13.9. The fourth-order valence-corrected chi connectivity index (χ4v) is 4.05. The second kappa shape index (κ2) is 7.68. The molecule has 0 atom stereocenters. The van der Waals surface area contributed by atoms with Gasteiger partial charge >= 0.3 is 0 Å². The molecular formula is C20H26N2O2S. The molecule has 0 bridgehead atoms. The zero-order valence-corrected chi connectivity index (χ0v) is 15.7. The molecule has 134 valence electrons. The molecule has 1 aromatic heterocycles. The van der Waals surface area contributed by atoms with E-state index in [-0.39, 0.29) is 5.91 Å². The lowest BCUT2D eigenvalue weighted by Gasteiger charge is -2.38. The largest absolute Gasteiger partial charge is 0.385 e. The van der Waals surface area contributed by atoms with Gasteiger partial charge in [-0.3, -0.25) is 4.79 Å². The number of nitrogens with one attached hydrogen (secondary N) is 1. The first-order valence-corrected chi connectivity index (χ1v) is 9.64. The maximum atomic E-state index is 12.1. The van der Waals surface area contributed by atoms with Crippen LogP contribution in [0, 0.1) is 13.8 Å². The van der Waals surface area contributed by atoms with E-state index in [2.05, 4.69) is 29.3 Å². The zero-order valence-electron chi connectivity index (χ0n) is 14.9. The van der Waals surface area contributed by atoms with E-state index >= 15 is 0 Å². The number of rotatable bonds is 5. The van der Waals surface area contributed by atoms with Crippen LogP contribution in [0.2, 0.25) is 0 Å². The predicted molar refractivity (Wildman–Crippen MR) is 102 cm³/mol. The maximum Gasteiger partial charge on any atom is 0.261 e. The van der Waals surface area contributed by atoms with Gasteiger partial charge in [-0.1, -0.05) is 29.8 Å². The lowest BCUT2D eigenvalue weighted by Crippen LogP contribution is -2.45. The first kappa shape index (κ1) is 18.1. The molecule has 0 spiro atoms. The Kier molecular flexibility index (Phi) is 5.57. The number of amides is 1. The molecule has 3 rings (SSSR count). The van der Waals surface area contributed by atoms with Crippen molar-refractivity contribution in [2.45, 2.75) is 32.3 Å². The van der Waals surface area contributed by atoms with Gasteiger partial charge < -0.3 is 15.3 Å². The van der Waals surface area contributed by atoms with E-state index in [4.69, 9.17) is 0 Å². The van der Waals surface area contributed by atoms with Gasteiger partial charge in [-0.2, -0.15) is 0 Å². The van der Waals surface area contributed by atoms with E-state index in [1.165, 1.54) is 16.9 Å². The molecule has 1 aliphatic heterocycles. The van der Waals surface area contributed by atoms with E-state index in [1.807, 2.05) is 31.2 Å². The van der Waals surface area contributed by atoms with Crippen molar-refractivity contribution < 1.29 is 9.90 Å². The van der Waals surface area contributed by atoms with Crippen molar-refractivity contribution in [3.8, 4) is 0 Å². The molecule has 2 aromatic rings. The highest BCUT2D eigenvalue weighted by Crippen LogP contribution is 2.32. The molecule has 2 heterocycles. The van der Waals surface area contributed by atoms with Crippen LogP contribution in [-0.2, 0) is 5.60 Å². The monoisotopic (exact) mass is 358 g/mol. The van der Waals surface area contributed by atoms with Gasteiger partial charge in [-0.25, -0.2) is 0 Å². The van der Waals surface area contributed by atoms with Gasteiger partial charge in [0.1, 0.15) is 0 Å². The van der Waals surface area contributed by atoms with E-state index in [0.717, 1.165) is 47.8 Å². The molecule has 5 heteroatoms. The van der Waals surface area contributed by atoms with Crippen LogP contribution in [0.4, 0.5) is 0 Å². The molecule has 4 nitrogen and oxygen atoms in total. The Balaban J connectivity index is 1.45. The number of aryl methyl sites for hydroxylation is 2. The minimum atomic E-state index is -0.720. The third-order valence-electron chi connectivity index (χ3n) is 4.95. The molecular weight excluding hydrogens is 332 g/mol. The number of hydrogen-bond acceptors (Lipinski definition) is 4. The molecule has 1 fully saturated rings. The molecule has 1 aromatic carbocycles. The number of nitrogens with zero attached hydrogens (tertiary/aromatic N) is 1. The van der Waals surface area contributed by atoms with Crippen LogP contribution in [-0.4, -0.2) is 42.1 Å². The van der Waals surface area contributed by atoms with Gasteiger partial charge in [-0.15, -0.1) is 11.3 Å². The van der Waals surface area contributed by atoms with Crippen molar-refractivity contribution in [1.82, 2.24) is 10.2 Å². The van der Waals surface area contributed by atoms with E-state index < -0.39 is 5.60 Å². The van der Waals surface area contributed by atoms with Crippen molar-refractivity contribution in [1.29, 1.82) is 0 Å². The molecule has 0 unspecified atom stereocenters. The summed E-state index contributed by atoms with van der Waals surface area (Å²) in [5.41, 5.74) is 1.50. The minimum absolute atomic E-state index is 0.00581. The molecule has 25 heavy (non-hydrogen) atoms. The Morgan fingerprint density at radius 3 is 2.44 bits per heavy atom. The average molecular weight is 359 g/mol. The first-order valence-electron chi connectivity index (χ1n) is 8.83. The Hall–Kier alpha value is -1.69. The molecule has 0 aliphatic carbocycles. The molecule has 1 saturated heterocycles. The molecule has 0 radical (unpaired) electrons. The highest BCUT2D eigenvalue weighted by atomic mass is 32.1. The SMILES string of the molecule is Cc1ccc(C2(O)CCN(CCNC(=O)c3ccc(C)s3)CC2)cc1. The second-order valence-corrected chi connectivity index (χ2v) is 8.19. The lowest BCUT2D eigenvalue weighted by molar-refractivity contribution is -0.0255. The van der Waals surface area contributed by atoms with Gasteiger partial charge in [-0.05, 0) is 44.4 Å². The van der Waals surface area contributed by atoms with Crippen molar-refractivity contribution in [3.63, 3.8) is 0 Å². The Bertz CT molecular complexity index is 716. The van der Waals surface area contributed by atoms with Crippen molar-refractivity contribution >= 4 is 17.2 Å². The number of benzene rings is 1. The summed E-state index contributed by atoms with van der Waals surface area (Å²) in [4.78, 5) is 16.3. The first-order chi connectivity index (χ1) is 12.0. The van der Waals surface area contributed by atoms with Crippen LogP contribution in [0.15, 0.2) is 36.4 Å². The topological polar surface area (TPSA) is 52.6 Å². The van der Waals surface area contributed by atoms with Crippen LogP contribution < -0.4 is 5.32 Å². The summed E-state index contributed by atoms with van der Waals surface area (Å²) in [6, 6.07) is 12.0. The van der Waals surface area contributed by atoms with Crippen molar-refractivity contribution in [3.05, 3.63) is 57.3 Å². The average Bonchev–Trinajstić information content (AvgIpc) is 3.04. The van der Waals surface area contributed by atoms with E-state index in [1.54, 1.807) is 0 Å². The predicted octanol–water partition coefficient (Wildman–Crippen LogP) is 3.08. The quantitative estimate of drug-likeness (QED) is 0.864. The Morgan fingerprint density at radius 1 is 1.16 bits per heavy atom. The summed E-state index contributed by atoms with van der Waals surface area (Å²) in [6.07, 6.45) is 1.46. The number of carbonyl (C=O) groups is 1. The summed E-state index contributed by atoms with van der Waals surface area (Å²) in [6.45, 7) is 7.21. The third-order valence-corrected chi connectivity index (χ3v) is 5.95. The fraction of sp³-hybridized carbons (Fsp3) is 0.450. The van der Waals surface area contributed by atoms with Crippen molar-refractivity contribution in [2.75, 3.05) is 26.2 Å². The summed E-state index contributed by atoms with van der Waals surface area (Å²) in [5.74, 6) is 0.00581. The number of thiophene rings is 1. The number of hydrogen-bond donors (Lipinski definition) is 2. The fourth-order valence-electron chi connectivity index (χ4n) is 3.27. The van der Waals surface area contributed by atoms with Gasteiger partial charge in [0.2, 0.25) is 0 Å². The van der Waals surface area contributed by atoms with Crippen LogP contribution >= 0.6 is 11.3 Å². The summed E-state index contributed by atoms with van der Waals surface area (Å²) in [7, 11) is 0. The van der Waals surface area contributed by atoms with E-state index in [9.17, 15) is 9.90 Å². The number of aliphatic hydroxyl groups is 1. The minimum Gasteiger partial charge on any atom is -0.385 e. The highest BCUT2D eigenvalue weighted by molar-refractivity contribution is 7.13. The van der Waals surface area contributed by atoms with Gasteiger partial charge in [0, 0.05) is 31.1 Å². The van der Waals surface area contributed by atoms with Crippen LogP contribution in [0.1, 0.15) is 38.5 Å². The standard InChI is InChI=1S/C20H26N2O2S/c1-15-3-6-17(7-4-15)20(24)9-12-22(13-10-20)14-11-21-19(23)18-8-5-16(2)25-18/h3-8,24H,9-14H2,1-2H3,(H,21,23). The van der Waals surface area contributed by atoms with Gasteiger partial charge in [0.05, 0.1) is 10.5 Å². The smallest absolute Gasteiger partial charge is 0.261 e. The molecule has 0 saturated carbocycles. The van der Waals surface area contributed by atoms with Gasteiger partial charge in [0.25, 0.3) is 5.91 Å². The Morgan fingerprint density at radius 2 is 1.84 bits per heavy atom. The number of piperidine rings is 1. The van der Waals surface area contributed by atoms with Crippen LogP contribution in [0.5, 0.6) is 0 Å². The van der Waals surface area contributed by atoms with Crippen LogP contribution in [0.25, 0.3) is 0 Å². The maximum absolute atomic E-state index is 12.1. The molecule has 1 aliphatic rings. The Labute approximate surface area is 153 Å². The normalized spacial score (nSPS) is 17.4. The zero-order chi connectivity index (χ0) is 17.9. The third kappa shape index (κ3) is 4.48. The highest BCUT2D eigenvalue weighted by Gasteiger charge is 2.33. The number of carbonyl (C=O) groups excluding carboxylic acids is 1. The van der Waals surface area contributed by atoms with Gasteiger partial charge in [0.15, 0.2) is 0 Å².